The molecule has 0 bridgehead atoms. The SMILES string of the molecule is CN(C(=O)c1ccc(C(=O)O)cc1)c1ccc(C(=O)O)cc1. The van der Waals surface area contributed by atoms with Crippen molar-refractivity contribution in [1.29, 1.82) is 0 Å². The van der Waals surface area contributed by atoms with Gasteiger partial charge in [0.25, 0.3) is 5.91 Å². The summed E-state index contributed by atoms with van der Waals surface area (Å²) < 4.78 is 0. The third-order valence-corrected chi connectivity index (χ3v) is 3.18. The summed E-state index contributed by atoms with van der Waals surface area (Å²) >= 11 is 0. The second kappa shape index (κ2) is 6.09. The van der Waals surface area contributed by atoms with Gasteiger partial charge in [-0.15, -0.1) is 0 Å². The summed E-state index contributed by atoms with van der Waals surface area (Å²) in [6, 6.07) is 11.5. The number of nitrogens with zero attached hydrogens (tertiary/aromatic N) is 1. The van der Waals surface area contributed by atoms with Crippen molar-refractivity contribution in [2.75, 3.05) is 11.9 Å². The summed E-state index contributed by atoms with van der Waals surface area (Å²) in [5.74, 6) is -2.42. The fourth-order valence-electron chi connectivity index (χ4n) is 1.89. The first-order valence-corrected chi connectivity index (χ1v) is 6.35. The number of benzene rings is 2. The molecular weight excluding hydrogens is 286 g/mol. The number of hydrogen-bond donors (Lipinski definition) is 2. The lowest BCUT2D eigenvalue weighted by Gasteiger charge is -2.17. The Bertz CT molecular complexity index is 719. The molecule has 0 saturated heterocycles. The molecule has 2 N–H and O–H groups in total. The first kappa shape index (κ1) is 15.2. The van der Waals surface area contributed by atoms with Gasteiger partial charge in [-0.3, -0.25) is 4.79 Å². The molecule has 0 radical (unpaired) electrons. The monoisotopic (exact) mass is 299 g/mol. The van der Waals surface area contributed by atoms with Crippen LogP contribution in [-0.2, 0) is 0 Å². The fraction of sp³-hybridized carbons (Fsp3) is 0.0625. The maximum absolute atomic E-state index is 12.3. The molecule has 0 spiro atoms. The second-order valence-electron chi connectivity index (χ2n) is 4.60. The minimum absolute atomic E-state index is 0.102. The molecule has 22 heavy (non-hydrogen) atoms. The minimum atomic E-state index is -1.06. The van der Waals surface area contributed by atoms with E-state index in [9.17, 15) is 14.4 Å². The van der Waals surface area contributed by atoms with Gasteiger partial charge in [-0.25, -0.2) is 9.59 Å². The zero-order valence-electron chi connectivity index (χ0n) is 11.7. The lowest BCUT2D eigenvalue weighted by molar-refractivity contribution is 0.0686. The predicted molar refractivity (Wildman–Crippen MR) is 79.5 cm³/mol. The second-order valence-corrected chi connectivity index (χ2v) is 4.60. The van der Waals surface area contributed by atoms with E-state index in [0.717, 1.165) is 0 Å². The van der Waals surface area contributed by atoms with Crippen LogP contribution in [0.5, 0.6) is 0 Å². The van der Waals surface area contributed by atoms with Gasteiger partial charge in [0.05, 0.1) is 11.1 Å². The van der Waals surface area contributed by atoms with Gasteiger partial charge in [0, 0.05) is 18.3 Å². The Hall–Kier alpha value is -3.15. The van der Waals surface area contributed by atoms with Gasteiger partial charge in [0.1, 0.15) is 0 Å². The number of hydrogen-bond acceptors (Lipinski definition) is 3. The Morgan fingerprint density at radius 3 is 1.50 bits per heavy atom. The van der Waals surface area contributed by atoms with Crippen LogP contribution < -0.4 is 4.90 Å². The maximum Gasteiger partial charge on any atom is 0.335 e. The normalized spacial score (nSPS) is 10.0. The van der Waals surface area contributed by atoms with Gasteiger partial charge < -0.3 is 15.1 Å². The van der Waals surface area contributed by atoms with E-state index in [-0.39, 0.29) is 17.0 Å². The predicted octanol–water partition coefficient (Wildman–Crippen LogP) is 2.36. The third-order valence-electron chi connectivity index (χ3n) is 3.18. The van der Waals surface area contributed by atoms with E-state index in [1.165, 1.54) is 53.4 Å². The van der Waals surface area contributed by atoms with E-state index in [1.54, 1.807) is 7.05 Å². The zero-order valence-corrected chi connectivity index (χ0v) is 11.7. The molecule has 2 aromatic carbocycles. The molecule has 1 amide bonds. The van der Waals surface area contributed by atoms with Crippen LogP contribution in [-0.4, -0.2) is 35.1 Å². The quantitative estimate of drug-likeness (QED) is 0.903. The highest BCUT2D eigenvalue weighted by molar-refractivity contribution is 6.06. The highest BCUT2D eigenvalue weighted by atomic mass is 16.4. The van der Waals surface area contributed by atoms with E-state index in [4.69, 9.17) is 10.2 Å². The summed E-state index contributed by atoms with van der Waals surface area (Å²) in [4.78, 5) is 35.2. The Balaban J connectivity index is 2.20. The largest absolute Gasteiger partial charge is 0.478 e. The van der Waals surface area contributed by atoms with E-state index in [0.29, 0.717) is 11.3 Å². The molecular formula is C16H13NO5. The Kier molecular flexibility index (Phi) is 4.22. The molecule has 0 saturated carbocycles. The minimum Gasteiger partial charge on any atom is -0.478 e. The molecule has 0 atom stereocenters. The van der Waals surface area contributed by atoms with Crippen molar-refractivity contribution >= 4 is 23.5 Å². The van der Waals surface area contributed by atoms with Gasteiger partial charge in [-0.05, 0) is 48.5 Å². The van der Waals surface area contributed by atoms with Crippen LogP contribution in [0.3, 0.4) is 0 Å². The lowest BCUT2D eigenvalue weighted by atomic mass is 10.1. The molecule has 2 aromatic rings. The van der Waals surface area contributed by atoms with Crippen molar-refractivity contribution in [3.05, 3.63) is 65.2 Å². The van der Waals surface area contributed by atoms with Gasteiger partial charge in [0.2, 0.25) is 0 Å². The molecule has 0 fully saturated rings. The van der Waals surface area contributed by atoms with Crippen molar-refractivity contribution in [3.8, 4) is 0 Å². The number of carbonyl (C=O) groups is 3. The van der Waals surface area contributed by atoms with Crippen molar-refractivity contribution in [2.24, 2.45) is 0 Å². The topological polar surface area (TPSA) is 94.9 Å². The van der Waals surface area contributed by atoms with Crippen molar-refractivity contribution in [2.45, 2.75) is 0 Å². The van der Waals surface area contributed by atoms with Crippen molar-refractivity contribution < 1.29 is 24.6 Å². The van der Waals surface area contributed by atoms with Gasteiger partial charge in [-0.1, -0.05) is 0 Å². The standard InChI is InChI=1S/C16H13NO5/c1-17(13-8-6-12(7-9-13)16(21)22)14(18)10-2-4-11(5-3-10)15(19)20/h2-9H,1H3,(H,19,20)(H,21,22). The molecule has 0 aliphatic heterocycles. The van der Waals surface area contributed by atoms with E-state index < -0.39 is 11.9 Å². The number of anilines is 1. The first-order valence-electron chi connectivity index (χ1n) is 6.35. The Labute approximate surface area is 126 Å². The van der Waals surface area contributed by atoms with Crippen LogP contribution in [0.15, 0.2) is 48.5 Å². The molecule has 0 heterocycles. The molecule has 2 rings (SSSR count). The Morgan fingerprint density at radius 2 is 1.09 bits per heavy atom. The van der Waals surface area contributed by atoms with Crippen molar-refractivity contribution in [3.63, 3.8) is 0 Å². The van der Waals surface area contributed by atoms with E-state index >= 15 is 0 Å². The first-order chi connectivity index (χ1) is 10.4. The molecule has 6 heteroatoms. The van der Waals surface area contributed by atoms with E-state index in [2.05, 4.69) is 0 Å². The van der Waals surface area contributed by atoms with Gasteiger partial charge in [-0.2, -0.15) is 0 Å². The van der Waals surface area contributed by atoms with Crippen LogP contribution in [0.1, 0.15) is 31.1 Å². The number of carboxylic acids is 2. The van der Waals surface area contributed by atoms with Crippen LogP contribution >= 0.6 is 0 Å². The number of amides is 1. The molecule has 6 nitrogen and oxygen atoms in total. The number of carbonyl (C=O) groups excluding carboxylic acids is 1. The lowest BCUT2D eigenvalue weighted by Crippen LogP contribution is -2.26. The summed E-state index contributed by atoms with van der Waals surface area (Å²) in [6.45, 7) is 0. The fourth-order valence-corrected chi connectivity index (χ4v) is 1.89. The number of aromatic carboxylic acids is 2. The van der Waals surface area contributed by atoms with Gasteiger partial charge >= 0.3 is 11.9 Å². The van der Waals surface area contributed by atoms with Crippen LogP contribution in [0, 0.1) is 0 Å². The van der Waals surface area contributed by atoms with Gasteiger partial charge in [0.15, 0.2) is 0 Å². The number of carboxylic acid groups (broad SMARTS) is 2. The average Bonchev–Trinajstić information content (AvgIpc) is 2.53. The van der Waals surface area contributed by atoms with Crippen molar-refractivity contribution in [1.82, 2.24) is 0 Å². The molecule has 0 aromatic heterocycles. The van der Waals surface area contributed by atoms with E-state index in [1.807, 2.05) is 0 Å². The summed E-state index contributed by atoms with van der Waals surface area (Å²) in [5, 5.41) is 17.7. The number of rotatable bonds is 4. The third kappa shape index (κ3) is 3.12. The molecule has 0 unspecified atom stereocenters. The molecule has 0 aliphatic carbocycles. The van der Waals surface area contributed by atoms with Crippen LogP contribution in [0.2, 0.25) is 0 Å². The zero-order chi connectivity index (χ0) is 16.3. The summed E-state index contributed by atoms with van der Waals surface area (Å²) in [6.07, 6.45) is 0. The molecule has 112 valence electrons. The highest BCUT2D eigenvalue weighted by Gasteiger charge is 2.14. The molecule has 0 aliphatic rings. The maximum atomic E-state index is 12.3. The average molecular weight is 299 g/mol. The highest BCUT2D eigenvalue weighted by Crippen LogP contribution is 2.17. The van der Waals surface area contributed by atoms with Crippen LogP contribution in [0.25, 0.3) is 0 Å². The van der Waals surface area contributed by atoms with Crippen LogP contribution in [0.4, 0.5) is 5.69 Å². The smallest absolute Gasteiger partial charge is 0.335 e. The summed E-state index contributed by atoms with van der Waals surface area (Å²) in [7, 11) is 1.56. The summed E-state index contributed by atoms with van der Waals surface area (Å²) in [5.41, 5.74) is 1.12. The Morgan fingerprint density at radius 1 is 0.727 bits per heavy atom.